The van der Waals surface area contributed by atoms with E-state index >= 15 is 0 Å². The number of amides is 2. The number of rotatable bonds is 5. The van der Waals surface area contributed by atoms with Crippen molar-refractivity contribution < 1.29 is 36.3 Å². The Morgan fingerprint density at radius 2 is 2.00 bits per heavy atom. The van der Waals surface area contributed by atoms with Gasteiger partial charge in [0.05, 0.1) is 6.04 Å². The topological polar surface area (TPSA) is 63.0 Å². The first kappa shape index (κ1) is 21.1. The van der Waals surface area contributed by atoms with Crippen LogP contribution < -0.4 is 0 Å². The number of hydrogen-bond acceptors (Lipinski definition) is 4. The van der Waals surface area contributed by atoms with Crippen LogP contribution in [-0.2, 0) is 9.53 Å². The van der Waals surface area contributed by atoms with Crippen molar-refractivity contribution in [3.8, 4) is 0 Å². The van der Waals surface area contributed by atoms with Gasteiger partial charge in [-0.2, -0.15) is 13.2 Å². The summed E-state index contributed by atoms with van der Waals surface area (Å²) >= 11 is 0. The van der Waals surface area contributed by atoms with Crippen LogP contribution in [0.15, 0.2) is 22.6 Å². The molecule has 1 aliphatic rings. The molecule has 3 rings (SSSR count). The van der Waals surface area contributed by atoms with Gasteiger partial charge in [-0.1, -0.05) is 12.1 Å². The van der Waals surface area contributed by atoms with Crippen molar-refractivity contribution in [3.63, 3.8) is 0 Å². The minimum atomic E-state index is -4.51. The number of fused-ring (bicyclic) bond motifs is 1. The van der Waals surface area contributed by atoms with Crippen molar-refractivity contribution in [2.75, 3.05) is 26.7 Å². The summed E-state index contributed by atoms with van der Waals surface area (Å²) in [6.45, 7) is 1.73. The summed E-state index contributed by atoms with van der Waals surface area (Å²) in [6, 6.07) is 4.08. The maximum atomic E-state index is 13.9. The molecule has 0 saturated carbocycles. The Bertz CT molecular complexity index is 934. The maximum Gasteiger partial charge on any atom is 0.411 e. The largest absolute Gasteiger partial charge is 0.448 e. The molecule has 0 radical (unpaired) electrons. The number of carbonyl (C=O) groups excluding carboxylic acids is 2. The molecule has 2 amide bonds. The Morgan fingerprint density at radius 1 is 1.34 bits per heavy atom. The average Bonchev–Trinajstić information content (AvgIpc) is 2.95. The molecule has 1 atom stereocenters. The first-order valence-corrected chi connectivity index (χ1v) is 8.91. The van der Waals surface area contributed by atoms with Crippen LogP contribution in [0.4, 0.5) is 17.6 Å². The Hall–Kier alpha value is -2.62. The Morgan fingerprint density at radius 3 is 2.59 bits per heavy atom. The van der Waals surface area contributed by atoms with Crippen molar-refractivity contribution in [3.05, 3.63) is 35.3 Å². The van der Waals surface area contributed by atoms with Gasteiger partial charge in [0.2, 0.25) is 0 Å². The maximum absolute atomic E-state index is 13.9. The van der Waals surface area contributed by atoms with Crippen LogP contribution in [0.3, 0.4) is 0 Å². The number of furan rings is 1. The van der Waals surface area contributed by atoms with E-state index in [2.05, 4.69) is 4.74 Å². The van der Waals surface area contributed by atoms with Gasteiger partial charge in [0.25, 0.3) is 11.8 Å². The summed E-state index contributed by atoms with van der Waals surface area (Å²) in [4.78, 5) is 27.6. The van der Waals surface area contributed by atoms with Gasteiger partial charge in [-0.25, -0.2) is 4.39 Å². The normalized spacial score (nSPS) is 16.0. The number of alkyl halides is 3. The third-order valence-corrected chi connectivity index (χ3v) is 5.00. The molecule has 0 aliphatic carbocycles. The third-order valence-electron chi connectivity index (χ3n) is 5.00. The number of benzene rings is 1. The first-order valence-electron chi connectivity index (χ1n) is 8.91. The van der Waals surface area contributed by atoms with Crippen LogP contribution in [0.2, 0.25) is 0 Å². The zero-order chi connectivity index (χ0) is 21.5. The summed E-state index contributed by atoms with van der Waals surface area (Å²) in [5, 5.41) is 0.503. The van der Waals surface area contributed by atoms with Gasteiger partial charge in [0, 0.05) is 31.1 Å². The van der Waals surface area contributed by atoms with E-state index in [-0.39, 0.29) is 30.5 Å². The molecule has 1 aliphatic heterocycles. The fourth-order valence-corrected chi connectivity index (χ4v) is 3.17. The van der Waals surface area contributed by atoms with E-state index in [1.807, 2.05) is 0 Å². The van der Waals surface area contributed by atoms with Gasteiger partial charge in [-0.3, -0.25) is 9.59 Å². The van der Waals surface area contributed by atoms with Gasteiger partial charge in [-0.05, 0) is 19.9 Å². The Labute approximate surface area is 164 Å². The number of aryl methyl sites for hydroxylation is 1. The number of likely N-dealkylation sites (tertiary alicyclic amines) is 1. The molecule has 0 N–H and O–H groups in total. The van der Waals surface area contributed by atoms with Crippen LogP contribution in [0, 0.1) is 12.7 Å². The van der Waals surface area contributed by atoms with Gasteiger partial charge in [-0.15, -0.1) is 0 Å². The van der Waals surface area contributed by atoms with Gasteiger partial charge in [0.15, 0.2) is 17.2 Å². The van der Waals surface area contributed by atoms with Crippen LogP contribution in [0.5, 0.6) is 0 Å². The molecule has 1 unspecified atom stereocenters. The minimum absolute atomic E-state index is 0.00259. The molecule has 0 spiro atoms. The van der Waals surface area contributed by atoms with E-state index in [0.717, 1.165) is 0 Å². The standard InChI is InChI=1S/C19H20F4N2O4/c1-10-13-5-4-6-14(20)16(13)29-15(10)18(27)24(3)12-7-25(8-12)17(26)11(2)28-9-19(21,22)23/h4-6,11-12H,7-9H2,1-3H3. The van der Waals surface area contributed by atoms with Crippen molar-refractivity contribution in [2.24, 2.45) is 0 Å². The van der Waals surface area contributed by atoms with E-state index in [4.69, 9.17) is 4.42 Å². The van der Waals surface area contributed by atoms with Crippen LogP contribution in [-0.4, -0.2) is 66.7 Å². The van der Waals surface area contributed by atoms with Crippen LogP contribution in [0.1, 0.15) is 23.0 Å². The molecule has 6 nitrogen and oxygen atoms in total. The molecule has 158 valence electrons. The van der Waals surface area contributed by atoms with Gasteiger partial charge < -0.3 is 19.0 Å². The Kier molecular flexibility index (Phi) is 5.57. The number of para-hydroxylation sites is 1. The van der Waals surface area contributed by atoms with E-state index < -0.39 is 36.5 Å². The highest BCUT2D eigenvalue weighted by atomic mass is 19.4. The van der Waals surface area contributed by atoms with Crippen LogP contribution >= 0.6 is 0 Å². The third kappa shape index (κ3) is 4.21. The lowest BCUT2D eigenvalue weighted by molar-refractivity contribution is -0.190. The number of carbonyl (C=O) groups is 2. The summed E-state index contributed by atoms with van der Waals surface area (Å²) in [5.74, 6) is -1.59. The van der Waals surface area contributed by atoms with E-state index in [1.54, 1.807) is 13.0 Å². The fourth-order valence-electron chi connectivity index (χ4n) is 3.17. The quantitative estimate of drug-likeness (QED) is 0.703. The first-order chi connectivity index (χ1) is 13.5. The minimum Gasteiger partial charge on any atom is -0.448 e. The van der Waals surface area contributed by atoms with Crippen molar-refractivity contribution in [2.45, 2.75) is 32.2 Å². The Balaban J connectivity index is 1.61. The molecule has 10 heteroatoms. The zero-order valence-corrected chi connectivity index (χ0v) is 16.0. The lowest BCUT2D eigenvalue weighted by Gasteiger charge is -2.44. The fraction of sp³-hybridized carbons (Fsp3) is 0.474. The van der Waals surface area contributed by atoms with Gasteiger partial charge >= 0.3 is 6.18 Å². The molecular weight excluding hydrogens is 396 g/mol. The molecule has 1 aromatic carbocycles. The number of ether oxygens (including phenoxy) is 1. The number of halogens is 4. The summed E-state index contributed by atoms with van der Waals surface area (Å²) in [6.07, 6.45) is -5.75. The van der Waals surface area contributed by atoms with Gasteiger partial charge in [0.1, 0.15) is 12.7 Å². The highest BCUT2D eigenvalue weighted by Crippen LogP contribution is 2.29. The lowest BCUT2D eigenvalue weighted by Crippen LogP contribution is -2.63. The average molecular weight is 416 g/mol. The monoisotopic (exact) mass is 416 g/mol. The van der Waals surface area contributed by atoms with E-state index in [1.165, 1.54) is 35.9 Å². The van der Waals surface area contributed by atoms with Crippen molar-refractivity contribution >= 4 is 22.8 Å². The SMILES string of the molecule is Cc1c(C(=O)N(C)C2CN(C(=O)C(C)OCC(F)(F)F)C2)oc2c(F)cccc12. The second kappa shape index (κ2) is 7.66. The second-order valence-corrected chi connectivity index (χ2v) is 7.05. The number of likely N-dealkylation sites (N-methyl/N-ethyl adjacent to an activating group) is 1. The highest BCUT2D eigenvalue weighted by molar-refractivity contribution is 5.99. The molecule has 2 heterocycles. The predicted molar refractivity (Wildman–Crippen MR) is 94.8 cm³/mol. The second-order valence-electron chi connectivity index (χ2n) is 7.05. The van der Waals surface area contributed by atoms with Crippen molar-refractivity contribution in [1.82, 2.24) is 9.80 Å². The van der Waals surface area contributed by atoms with E-state index in [9.17, 15) is 27.2 Å². The lowest BCUT2D eigenvalue weighted by atomic mass is 10.1. The smallest absolute Gasteiger partial charge is 0.411 e. The van der Waals surface area contributed by atoms with Crippen molar-refractivity contribution in [1.29, 1.82) is 0 Å². The van der Waals surface area contributed by atoms with Crippen LogP contribution in [0.25, 0.3) is 11.0 Å². The molecule has 1 aromatic heterocycles. The zero-order valence-electron chi connectivity index (χ0n) is 16.0. The molecule has 2 aromatic rings. The number of hydrogen-bond donors (Lipinski definition) is 0. The summed E-state index contributed by atoms with van der Waals surface area (Å²) in [7, 11) is 1.53. The highest BCUT2D eigenvalue weighted by Gasteiger charge is 2.39. The molecule has 29 heavy (non-hydrogen) atoms. The summed E-state index contributed by atoms with van der Waals surface area (Å²) < 4.78 is 60.5. The number of nitrogens with zero attached hydrogens (tertiary/aromatic N) is 2. The molecular formula is C19H20F4N2O4. The molecule has 1 saturated heterocycles. The molecule has 1 fully saturated rings. The molecule has 0 bridgehead atoms. The predicted octanol–water partition coefficient (Wildman–Crippen LogP) is 3.13. The van der Waals surface area contributed by atoms with E-state index in [0.29, 0.717) is 10.9 Å². The summed E-state index contributed by atoms with van der Waals surface area (Å²) in [5.41, 5.74) is 0.514.